The summed E-state index contributed by atoms with van der Waals surface area (Å²) in [6.45, 7) is 0. The van der Waals surface area contributed by atoms with Gasteiger partial charge in [0.15, 0.2) is 0 Å². The standard InChI is InChI=1S/C14H14F3NOS/c1-19-13-12(6-9(7-18-13)14(15,16)17)8-4-10-2-3-11(5-8)20-10/h4,6-7,10-11H,2-3,5H2,1H3. The summed E-state index contributed by atoms with van der Waals surface area (Å²) < 4.78 is 43.6. The molecule has 20 heavy (non-hydrogen) atoms. The number of rotatable bonds is 2. The molecule has 2 bridgehead atoms. The molecule has 1 aromatic heterocycles. The molecule has 0 aliphatic carbocycles. The molecule has 0 saturated carbocycles. The molecule has 3 rings (SSSR count). The van der Waals surface area contributed by atoms with Crippen molar-refractivity contribution in [3.63, 3.8) is 0 Å². The van der Waals surface area contributed by atoms with Gasteiger partial charge < -0.3 is 4.74 Å². The Morgan fingerprint density at radius 2 is 2.15 bits per heavy atom. The summed E-state index contributed by atoms with van der Waals surface area (Å²) in [6, 6.07) is 1.16. The zero-order chi connectivity index (χ0) is 14.3. The summed E-state index contributed by atoms with van der Waals surface area (Å²) >= 11 is 1.91. The van der Waals surface area contributed by atoms with Gasteiger partial charge in [0.2, 0.25) is 5.88 Å². The lowest BCUT2D eigenvalue weighted by atomic mass is 10.00. The Kier molecular flexibility index (Phi) is 3.44. The van der Waals surface area contributed by atoms with Gasteiger partial charge in [0.05, 0.1) is 12.7 Å². The number of aromatic nitrogens is 1. The van der Waals surface area contributed by atoms with Crippen molar-refractivity contribution in [2.75, 3.05) is 7.11 Å². The average Bonchev–Trinajstić information content (AvgIpc) is 2.75. The Bertz CT molecular complexity index is 556. The first-order valence-corrected chi connectivity index (χ1v) is 7.39. The van der Waals surface area contributed by atoms with Crippen LogP contribution in [0.3, 0.4) is 0 Å². The van der Waals surface area contributed by atoms with Crippen LogP contribution < -0.4 is 4.74 Å². The minimum atomic E-state index is -4.38. The van der Waals surface area contributed by atoms with Crippen LogP contribution in [0.25, 0.3) is 5.57 Å². The molecule has 2 aliphatic heterocycles. The number of methoxy groups -OCH3 is 1. The van der Waals surface area contributed by atoms with E-state index in [1.807, 2.05) is 11.8 Å². The van der Waals surface area contributed by atoms with Crippen LogP contribution in [0.1, 0.15) is 30.4 Å². The van der Waals surface area contributed by atoms with Crippen LogP contribution in [0.5, 0.6) is 5.88 Å². The van der Waals surface area contributed by atoms with Crippen molar-refractivity contribution in [2.24, 2.45) is 0 Å². The molecule has 0 radical (unpaired) electrons. The van der Waals surface area contributed by atoms with Crippen LogP contribution in [0, 0.1) is 0 Å². The van der Waals surface area contributed by atoms with Crippen molar-refractivity contribution < 1.29 is 17.9 Å². The second-order valence-electron chi connectivity index (χ2n) is 5.05. The van der Waals surface area contributed by atoms with E-state index >= 15 is 0 Å². The SMILES string of the molecule is COc1ncc(C(F)(F)F)cc1C1=CC2CCC(C1)S2. The predicted molar refractivity (Wildman–Crippen MR) is 72.8 cm³/mol. The molecule has 2 nitrogen and oxygen atoms in total. The van der Waals surface area contributed by atoms with E-state index in [2.05, 4.69) is 11.1 Å². The molecule has 0 N–H and O–H groups in total. The van der Waals surface area contributed by atoms with Crippen molar-refractivity contribution in [1.29, 1.82) is 0 Å². The van der Waals surface area contributed by atoms with Gasteiger partial charge in [-0.05, 0) is 30.9 Å². The smallest absolute Gasteiger partial charge is 0.417 e. The maximum Gasteiger partial charge on any atom is 0.417 e. The van der Waals surface area contributed by atoms with Gasteiger partial charge in [-0.25, -0.2) is 4.98 Å². The van der Waals surface area contributed by atoms with Gasteiger partial charge >= 0.3 is 6.18 Å². The summed E-state index contributed by atoms with van der Waals surface area (Å²) in [7, 11) is 1.44. The van der Waals surface area contributed by atoms with E-state index in [-0.39, 0.29) is 5.88 Å². The first-order chi connectivity index (χ1) is 9.47. The highest BCUT2D eigenvalue weighted by Crippen LogP contribution is 2.46. The fourth-order valence-corrected chi connectivity index (χ4v) is 4.30. The predicted octanol–water partition coefficient (Wildman–Crippen LogP) is 4.16. The lowest BCUT2D eigenvalue weighted by Gasteiger charge is -2.21. The van der Waals surface area contributed by atoms with Gasteiger partial charge in [0, 0.05) is 22.3 Å². The third-order valence-corrected chi connectivity index (χ3v) is 5.20. The maximum absolute atomic E-state index is 12.8. The van der Waals surface area contributed by atoms with Crippen LogP contribution >= 0.6 is 11.8 Å². The average molecular weight is 301 g/mol. The third kappa shape index (κ3) is 2.53. The zero-order valence-electron chi connectivity index (χ0n) is 10.9. The zero-order valence-corrected chi connectivity index (χ0v) is 11.7. The Morgan fingerprint density at radius 3 is 2.80 bits per heavy atom. The number of halogens is 3. The number of hydrogen-bond acceptors (Lipinski definition) is 3. The first kappa shape index (κ1) is 13.8. The summed E-state index contributed by atoms with van der Waals surface area (Å²) in [5.41, 5.74) is 0.700. The van der Waals surface area contributed by atoms with Crippen molar-refractivity contribution in [3.8, 4) is 5.88 Å². The molecule has 108 valence electrons. The van der Waals surface area contributed by atoms with Crippen LogP contribution in [-0.2, 0) is 6.18 Å². The van der Waals surface area contributed by atoms with Gasteiger partial charge in [-0.15, -0.1) is 0 Å². The molecule has 2 atom stereocenters. The molecule has 1 fully saturated rings. The van der Waals surface area contributed by atoms with Gasteiger partial charge in [0.1, 0.15) is 0 Å². The first-order valence-electron chi connectivity index (χ1n) is 6.45. The third-order valence-electron chi connectivity index (χ3n) is 3.69. The summed E-state index contributed by atoms with van der Waals surface area (Å²) in [6.07, 6.45) is 1.55. The van der Waals surface area contributed by atoms with Crippen LogP contribution in [0.15, 0.2) is 18.3 Å². The molecular formula is C14H14F3NOS. The molecule has 1 aromatic rings. The largest absolute Gasteiger partial charge is 0.481 e. The Hall–Kier alpha value is -1.17. The van der Waals surface area contributed by atoms with Crippen LogP contribution in [0.2, 0.25) is 0 Å². The molecule has 0 amide bonds. The molecule has 0 spiro atoms. The number of nitrogens with zero attached hydrogens (tertiary/aromatic N) is 1. The van der Waals surface area contributed by atoms with Crippen molar-refractivity contribution in [2.45, 2.75) is 35.9 Å². The molecule has 1 saturated heterocycles. The minimum Gasteiger partial charge on any atom is -0.481 e. The highest BCUT2D eigenvalue weighted by atomic mass is 32.2. The number of hydrogen-bond donors (Lipinski definition) is 0. The maximum atomic E-state index is 12.8. The fourth-order valence-electron chi connectivity index (χ4n) is 2.74. The molecule has 0 aromatic carbocycles. The number of fused-ring (bicyclic) bond motifs is 2. The number of allylic oxidation sites excluding steroid dienone is 1. The van der Waals surface area contributed by atoms with Crippen molar-refractivity contribution in [1.82, 2.24) is 4.98 Å². The molecule has 6 heteroatoms. The van der Waals surface area contributed by atoms with E-state index in [9.17, 15) is 13.2 Å². The normalized spacial score (nSPS) is 25.5. The number of pyridine rings is 1. The summed E-state index contributed by atoms with van der Waals surface area (Å²) in [4.78, 5) is 3.82. The highest BCUT2D eigenvalue weighted by molar-refractivity contribution is 8.01. The van der Waals surface area contributed by atoms with Gasteiger partial charge in [-0.3, -0.25) is 0 Å². The Morgan fingerprint density at radius 1 is 1.35 bits per heavy atom. The Labute approximate surface area is 119 Å². The van der Waals surface area contributed by atoms with Crippen molar-refractivity contribution in [3.05, 3.63) is 29.5 Å². The lowest BCUT2D eigenvalue weighted by Crippen LogP contribution is -2.10. The molecular weight excluding hydrogens is 287 g/mol. The fraction of sp³-hybridized carbons (Fsp3) is 0.500. The monoisotopic (exact) mass is 301 g/mol. The number of ether oxygens (including phenoxy) is 1. The molecule has 2 unspecified atom stereocenters. The van der Waals surface area contributed by atoms with E-state index in [1.165, 1.54) is 7.11 Å². The van der Waals surface area contributed by atoms with Gasteiger partial charge in [-0.1, -0.05) is 6.08 Å². The molecule has 2 aliphatic rings. The van der Waals surface area contributed by atoms with E-state index in [4.69, 9.17) is 4.74 Å². The van der Waals surface area contributed by atoms with E-state index < -0.39 is 11.7 Å². The van der Waals surface area contributed by atoms with E-state index in [0.717, 1.165) is 37.1 Å². The van der Waals surface area contributed by atoms with E-state index in [1.54, 1.807) is 0 Å². The number of alkyl halides is 3. The van der Waals surface area contributed by atoms with Gasteiger partial charge in [0.25, 0.3) is 0 Å². The Balaban J connectivity index is 2.03. The summed E-state index contributed by atoms with van der Waals surface area (Å²) in [5, 5.41) is 0.933. The minimum absolute atomic E-state index is 0.274. The van der Waals surface area contributed by atoms with Crippen LogP contribution in [0.4, 0.5) is 13.2 Å². The topological polar surface area (TPSA) is 22.1 Å². The van der Waals surface area contributed by atoms with Crippen LogP contribution in [-0.4, -0.2) is 22.6 Å². The van der Waals surface area contributed by atoms with Gasteiger partial charge in [-0.2, -0.15) is 24.9 Å². The highest BCUT2D eigenvalue weighted by Gasteiger charge is 2.34. The molecule has 3 heterocycles. The quantitative estimate of drug-likeness (QED) is 0.819. The number of thioether (sulfide) groups is 1. The second kappa shape index (κ2) is 4.98. The lowest BCUT2D eigenvalue weighted by molar-refractivity contribution is -0.137. The van der Waals surface area contributed by atoms with E-state index in [0.29, 0.717) is 16.1 Å². The second-order valence-corrected chi connectivity index (χ2v) is 6.59. The summed E-state index contributed by atoms with van der Waals surface area (Å²) in [5.74, 6) is 0.274. The van der Waals surface area contributed by atoms with Crippen molar-refractivity contribution >= 4 is 17.3 Å².